The van der Waals surface area contributed by atoms with Gasteiger partial charge in [0.2, 0.25) is 0 Å². The average molecular weight is 240 g/mol. The minimum atomic E-state index is -0.184. The Kier molecular flexibility index (Phi) is 2.57. The van der Waals surface area contributed by atoms with Crippen molar-refractivity contribution in [3.05, 3.63) is 67.3 Å². The Bertz CT molecular complexity index is 582. The zero-order valence-electron chi connectivity index (χ0n) is 9.59. The summed E-state index contributed by atoms with van der Waals surface area (Å²) in [5.74, 6) is 0.255. The van der Waals surface area contributed by atoms with Gasteiger partial charge in [0, 0.05) is 30.4 Å². The molecule has 5 nitrogen and oxygen atoms in total. The molecule has 0 aliphatic rings. The summed E-state index contributed by atoms with van der Waals surface area (Å²) in [6, 6.07) is 7.27. The summed E-state index contributed by atoms with van der Waals surface area (Å²) in [5, 5.41) is 10.0. The van der Waals surface area contributed by atoms with Crippen LogP contribution in [0.25, 0.3) is 0 Å². The number of hydrogen-bond donors (Lipinski definition) is 1. The third kappa shape index (κ3) is 1.75. The first-order chi connectivity index (χ1) is 8.86. The molecule has 0 fully saturated rings. The highest BCUT2D eigenvalue weighted by molar-refractivity contribution is 5.35. The number of aromatic nitrogens is 4. The summed E-state index contributed by atoms with van der Waals surface area (Å²) in [7, 11) is 0. The fraction of sp³-hybridized carbons (Fsp3) is 0.0769. The summed E-state index contributed by atoms with van der Waals surface area (Å²) >= 11 is 0. The lowest BCUT2D eigenvalue weighted by Gasteiger charge is -2.21. The number of nitrogens with zero attached hydrogens (tertiary/aromatic N) is 4. The second-order valence-corrected chi connectivity index (χ2v) is 3.95. The average Bonchev–Trinajstić information content (AvgIpc) is 3.05. The van der Waals surface area contributed by atoms with Crippen molar-refractivity contribution < 1.29 is 5.11 Å². The van der Waals surface area contributed by atoms with Gasteiger partial charge < -0.3 is 14.2 Å². The van der Waals surface area contributed by atoms with Crippen molar-refractivity contribution >= 4 is 0 Å². The minimum Gasteiger partial charge on any atom is -0.508 e. The molecule has 0 aliphatic heterocycles. The molecule has 2 aromatic heterocycles. The molecule has 0 saturated heterocycles. The van der Waals surface area contributed by atoms with Gasteiger partial charge in [-0.15, -0.1) is 0 Å². The van der Waals surface area contributed by atoms with Crippen LogP contribution >= 0.6 is 0 Å². The smallest absolute Gasteiger partial charge is 0.141 e. The zero-order valence-corrected chi connectivity index (χ0v) is 9.59. The van der Waals surface area contributed by atoms with E-state index in [1.807, 2.05) is 33.7 Å². The van der Waals surface area contributed by atoms with E-state index in [1.54, 1.807) is 37.2 Å². The van der Waals surface area contributed by atoms with Crippen molar-refractivity contribution in [3.63, 3.8) is 0 Å². The van der Waals surface area contributed by atoms with Gasteiger partial charge in [0.05, 0.1) is 12.7 Å². The molecule has 0 bridgehead atoms. The third-order valence-corrected chi connectivity index (χ3v) is 2.83. The van der Waals surface area contributed by atoms with Gasteiger partial charge in [-0.2, -0.15) is 0 Å². The maximum absolute atomic E-state index is 10.0. The van der Waals surface area contributed by atoms with Crippen LogP contribution in [-0.4, -0.2) is 24.2 Å². The Balaban J connectivity index is 2.15. The number of phenolic OH excluding ortho intramolecular Hbond substituents is 1. The van der Waals surface area contributed by atoms with Crippen molar-refractivity contribution in [2.45, 2.75) is 6.17 Å². The first kappa shape index (κ1) is 10.6. The predicted octanol–water partition coefficient (Wildman–Crippen LogP) is 1.88. The number of benzene rings is 1. The van der Waals surface area contributed by atoms with Crippen LogP contribution in [0.2, 0.25) is 0 Å². The number of rotatable bonds is 3. The van der Waals surface area contributed by atoms with Crippen LogP contribution < -0.4 is 0 Å². The highest BCUT2D eigenvalue weighted by atomic mass is 16.3. The monoisotopic (exact) mass is 240 g/mol. The van der Waals surface area contributed by atoms with Crippen LogP contribution in [0.15, 0.2) is 61.7 Å². The van der Waals surface area contributed by atoms with Gasteiger partial charge in [-0.25, -0.2) is 9.97 Å². The SMILES string of the molecule is Oc1ccccc1C(n1ccnc1)n1ccnc1. The van der Waals surface area contributed by atoms with Crippen molar-refractivity contribution in [1.29, 1.82) is 0 Å². The summed E-state index contributed by atoms with van der Waals surface area (Å²) in [6.45, 7) is 0. The number of para-hydroxylation sites is 1. The van der Waals surface area contributed by atoms with Gasteiger partial charge in [0.1, 0.15) is 11.9 Å². The lowest BCUT2D eigenvalue weighted by molar-refractivity contribution is 0.433. The molecule has 0 saturated carbocycles. The Hall–Kier alpha value is -2.56. The number of imidazole rings is 2. The molecule has 0 spiro atoms. The fourth-order valence-corrected chi connectivity index (χ4v) is 2.01. The molecule has 1 aromatic carbocycles. The first-order valence-electron chi connectivity index (χ1n) is 5.59. The molecule has 90 valence electrons. The quantitative estimate of drug-likeness (QED) is 0.760. The normalized spacial score (nSPS) is 10.9. The second kappa shape index (κ2) is 4.37. The topological polar surface area (TPSA) is 55.9 Å². The van der Waals surface area contributed by atoms with Gasteiger partial charge in [0.15, 0.2) is 0 Å². The Morgan fingerprint density at radius 3 is 2.06 bits per heavy atom. The molecule has 3 aromatic rings. The molecular weight excluding hydrogens is 228 g/mol. The molecular formula is C13H12N4O. The summed E-state index contributed by atoms with van der Waals surface area (Å²) in [4.78, 5) is 8.11. The molecule has 18 heavy (non-hydrogen) atoms. The van der Waals surface area contributed by atoms with Crippen molar-refractivity contribution in [2.24, 2.45) is 0 Å². The molecule has 0 aliphatic carbocycles. The van der Waals surface area contributed by atoms with Gasteiger partial charge in [-0.1, -0.05) is 18.2 Å². The number of phenols is 1. The van der Waals surface area contributed by atoms with Crippen LogP contribution in [0, 0.1) is 0 Å². The molecule has 0 radical (unpaired) electrons. The van der Waals surface area contributed by atoms with E-state index in [2.05, 4.69) is 9.97 Å². The van der Waals surface area contributed by atoms with Crippen LogP contribution in [0.3, 0.4) is 0 Å². The first-order valence-corrected chi connectivity index (χ1v) is 5.59. The molecule has 5 heteroatoms. The number of hydrogen-bond acceptors (Lipinski definition) is 3. The van der Waals surface area contributed by atoms with E-state index in [0.717, 1.165) is 5.56 Å². The van der Waals surface area contributed by atoms with E-state index < -0.39 is 0 Å². The van der Waals surface area contributed by atoms with Crippen LogP contribution in [-0.2, 0) is 0 Å². The Labute approximate surface area is 104 Å². The number of aromatic hydroxyl groups is 1. The van der Waals surface area contributed by atoms with E-state index in [-0.39, 0.29) is 11.9 Å². The van der Waals surface area contributed by atoms with Crippen molar-refractivity contribution in [3.8, 4) is 5.75 Å². The highest BCUT2D eigenvalue weighted by Crippen LogP contribution is 2.27. The summed E-state index contributed by atoms with van der Waals surface area (Å²) in [6.07, 6.45) is 10.4. The lowest BCUT2D eigenvalue weighted by atomic mass is 10.1. The Morgan fingerprint density at radius 2 is 1.56 bits per heavy atom. The molecule has 0 amide bonds. The highest BCUT2D eigenvalue weighted by Gasteiger charge is 2.17. The van der Waals surface area contributed by atoms with Crippen LogP contribution in [0.4, 0.5) is 0 Å². The third-order valence-electron chi connectivity index (χ3n) is 2.83. The van der Waals surface area contributed by atoms with Crippen molar-refractivity contribution in [2.75, 3.05) is 0 Å². The fourth-order valence-electron chi connectivity index (χ4n) is 2.01. The maximum Gasteiger partial charge on any atom is 0.141 e. The molecule has 0 atom stereocenters. The van der Waals surface area contributed by atoms with E-state index >= 15 is 0 Å². The largest absolute Gasteiger partial charge is 0.508 e. The molecule has 0 unspecified atom stereocenters. The lowest BCUT2D eigenvalue weighted by Crippen LogP contribution is -2.17. The van der Waals surface area contributed by atoms with E-state index in [9.17, 15) is 5.11 Å². The molecule has 3 rings (SSSR count). The predicted molar refractivity (Wildman–Crippen MR) is 66.1 cm³/mol. The van der Waals surface area contributed by atoms with Crippen LogP contribution in [0.5, 0.6) is 5.75 Å². The maximum atomic E-state index is 10.0. The van der Waals surface area contributed by atoms with E-state index in [4.69, 9.17) is 0 Å². The van der Waals surface area contributed by atoms with E-state index in [0.29, 0.717) is 0 Å². The summed E-state index contributed by atoms with van der Waals surface area (Å²) < 4.78 is 3.83. The molecule has 1 N–H and O–H groups in total. The minimum absolute atomic E-state index is 0.184. The Morgan fingerprint density at radius 1 is 0.944 bits per heavy atom. The molecule has 2 heterocycles. The van der Waals surface area contributed by atoms with Gasteiger partial charge in [-0.05, 0) is 6.07 Å². The second-order valence-electron chi connectivity index (χ2n) is 3.95. The standard InChI is InChI=1S/C13H12N4O/c18-12-4-2-1-3-11(12)13(16-7-5-14-9-16)17-8-6-15-10-17/h1-10,13,18H. The van der Waals surface area contributed by atoms with E-state index in [1.165, 1.54) is 0 Å². The van der Waals surface area contributed by atoms with Crippen LogP contribution in [0.1, 0.15) is 11.7 Å². The van der Waals surface area contributed by atoms with Crippen molar-refractivity contribution in [1.82, 2.24) is 19.1 Å². The zero-order chi connectivity index (χ0) is 12.4. The van der Waals surface area contributed by atoms with Gasteiger partial charge >= 0.3 is 0 Å². The van der Waals surface area contributed by atoms with Gasteiger partial charge in [-0.3, -0.25) is 0 Å². The van der Waals surface area contributed by atoms with Gasteiger partial charge in [0.25, 0.3) is 0 Å². The summed E-state index contributed by atoms with van der Waals surface area (Å²) in [5.41, 5.74) is 0.800.